The molecular formula is C13H16N2. The van der Waals surface area contributed by atoms with E-state index in [1.165, 1.54) is 5.56 Å². The third-order valence-corrected chi connectivity index (χ3v) is 3.07. The van der Waals surface area contributed by atoms with E-state index < -0.39 is 0 Å². The largest absolute Gasteiger partial charge is 0.297 e. The number of likely N-dealkylation sites (tertiary alicyclic amines) is 1. The Morgan fingerprint density at radius 3 is 2.73 bits per heavy atom. The van der Waals surface area contributed by atoms with E-state index in [1.807, 2.05) is 6.07 Å². The van der Waals surface area contributed by atoms with Gasteiger partial charge in [0.05, 0.1) is 11.5 Å². The Labute approximate surface area is 91.1 Å². The average Bonchev–Trinajstić information content (AvgIpc) is 2.63. The highest BCUT2D eigenvalue weighted by Gasteiger charge is 2.33. The Kier molecular flexibility index (Phi) is 2.75. The highest BCUT2D eigenvalue weighted by Crippen LogP contribution is 2.29. The third-order valence-electron chi connectivity index (χ3n) is 3.07. The van der Waals surface area contributed by atoms with Gasteiger partial charge >= 0.3 is 0 Å². The van der Waals surface area contributed by atoms with Crippen LogP contribution in [-0.4, -0.2) is 18.0 Å². The van der Waals surface area contributed by atoms with Gasteiger partial charge in [-0.2, -0.15) is 5.26 Å². The highest BCUT2D eigenvalue weighted by atomic mass is 15.2. The van der Waals surface area contributed by atoms with Gasteiger partial charge in [-0.25, -0.2) is 0 Å². The van der Waals surface area contributed by atoms with E-state index in [0.29, 0.717) is 0 Å². The van der Waals surface area contributed by atoms with Gasteiger partial charge in [0.1, 0.15) is 0 Å². The monoisotopic (exact) mass is 200 g/mol. The fourth-order valence-corrected chi connectivity index (χ4v) is 2.12. The SMILES string of the molecule is C[C@]1(C#N)CCN(Cc2ccccc2)C1. The molecule has 1 heterocycles. The fraction of sp³-hybridized carbons (Fsp3) is 0.462. The quantitative estimate of drug-likeness (QED) is 0.733. The Morgan fingerprint density at radius 2 is 2.13 bits per heavy atom. The molecule has 1 aliphatic rings. The molecule has 0 bridgehead atoms. The van der Waals surface area contributed by atoms with Gasteiger partial charge in [-0.15, -0.1) is 0 Å². The minimum atomic E-state index is -0.130. The molecule has 2 rings (SSSR count). The van der Waals surface area contributed by atoms with Crippen molar-refractivity contribution in [3.05, 3.63) is 35.9 Å². The van der Waals surface area contributed by atoms with Crippen LogP contribution in [0.4, 0.5) is 0 Å². The van der Waals surface area contributed by atoms with Crippen molar-refractivity contribution in [2.24, 2.45) is 5.41 Å². The molecule has 0 amide bonds. The number of rotatable bonds is 2. The maximum atomic E-state index is 9.03. The molecule has 1 aromatic carbocycles. The van der Waals surface area contributed by atoms with Crippen LogP contribution >= 0.6 is 0 Å². The van der Waals surface area contributed by atoms with Crippen LogP contribution in [0.1, 0.15) is 18.9 Å². The maximum absolute atomic E-state index is 9.03. The van der Waals surface area contributed by atoms with Gasteiger partial charge in [0.15, 0.2) is 0 Å². The predicted octanol–water partition coefficient (Wildman–Crippen LogP) is 2.42. The molecule has 0 unspecified atom stereocenters. The molecule has 1 aromatic rings. The zero-order chi connectivity index (χ0) is 10.7. The average molecular weight is 200 g/mol. The molecule has 1 saturated heterocycles. The highest BCUT2D eigenvalue weighted by molar-refractivity contribution is 5.15. The van der Waals surface area contributed by atoms with E-state index in [0.717, 1.165) is 26.1 Å². The van der Waals surface area contributed by atoms with Crippen molar-refractivity contribution in [1.82, 2.24) is 4.90 Å². The molecule has 0 saturated carbocycles. The second-order valence-corrected chi connectivity index (χ2v) is 4.62. The summed E-state index contributed by atoms with van der Waals surface area (Å²) >= 11 is 0. The predicted molar refractivity (Wildman–Crippen MR) is 60.1 cm³/mol. The Balaban J connectivity index is 1.97. The van der Waals surface area contributed by atoms with E-state index in [2.05, 4.69) is 42.2 Å². The van der Waals surface area contributed by atoms with Crippen LogP contribution in [0.2, 0.25) is 0 Å². The van der Waals surface area contributed by atoms with Gasteiger partial charge in [-0.1, -0.05) is 30.3 Å². The molecule has 0 N–H and O–H groups in total. The molecule has 15 heavy (non-hydrogen) atoms. The van der Waals surface area contributed by atoms with Gasteiger partial charge in [-0.05, 0) is 18.9 Å². The first-order valence-corrected chi connectivity index (χ1v) is 5.39. The van der Waals surface area contributed by atoms with E-state index in [9.17, 15) is 0 Å². The summed E-state index contributed by atoms with van der Waals surface area (Å²) < 4.78 is 0. The van der Waals surface area contributed by atoms with E-state index >= 15 is 0 Å². The summed E-state index contributed by atoms with van der Waals surface area (Å²) in [6, 6.07) is 12.9. The standard InChI is InChI=1S/C13H16N2/c1-13(10-14)7-8-15(11-13)9-12-5-3-2-4-6-12/h2-6H,7-9,11H2,1H3/t13-/m1/s1. The molecule has 1 atom stereocenters. The first-order valence-electron chi connectivity index (χ1n) is 5.39. The molecule has 0 aliphatic carbocycles. The molecule has 2 nitrogen and oxygen atoms in total. The Bertz CT molecular complexity index is 366. The molecule has 1 aliphatic heterocycles. The van der Waals surface area contributed by atoms with Crippen molar-refractivity contribution in [2.75, 3.05) is 13.1 Å². The summed E-state index contributed by atoms with van der Waals surface area (Å²) in [5.41, 5.74) is 1.20. The first-order chi connectivity index (χ1) is 7.22. The zero-order valence-corrected chi connectivity index (χ0v) is 9.11. The molecular weight excluding hydrogens is 184 g/mol. The molecule has 0 spiro atoms. The number of hydrogen-bond acceptors (Lipinski definition) is 2. The first kappa shape index (κ1) is 10.2. The van der Waals surface area contributed by atoms with E-state index in [4.69, 9.17) is 5.26 Å². The number of benzene rings is 1. The van der Waals surface area contributed by atoms with Crippen LogP contribution in [0.3, 0.4) is 0 Å². The molecule has 0 aromatic heterocycles. The van der Waals surface area contributed by atoms with Crippen molar-refractivity contribution < 1.29 is 0 Å². The molecule has 78 valence electrons. The fourth-order valence-electron chi connectivity index (χ4n) is 2.12. The lowest BCUT2D eigenvalue weighted by Gasteiger charge is -2.17. The molecule has 1 fully saturated rings. The second kappa shape index (κ2) is 4.04. The Morgan fingerprint density at radius 1 is 1.40 bits per heavy atom. The molecule has 0 radical (unpaired) electrons. The van der Waals surface area contributed by atoms with Gasteiger partial charge < -0.3 is 0 Å². The summed E-state index contributed by atoms with van der Waals surface area (Å²) in [5.74, 6) is 0. The topological polar surface area (TPSA) is 27.0 Å². The minimum Gasteiger partial charge on any atom is -0.297 e. The van der Waals surface area contributed by atoms with Crippen LogP contribution < -0.4 is 0 Å². The zero-order valence-electron chi connectivity index (χ0n) is 9.11. The third kappa shape index (κ3) is 2.37. The van der Waals surface area contributed by atoms with Crippen LogP contribution in [0.25, 0.3) is 0 Å². The Hall–Kier alpha value is -1.33. The van der Waals surface area contributed by atoms with Gasteiger partial charge in [0, 0.05) is 19.6 Å². The van der Waals surface area contributed by atoms with Crippen molar-refractivity contribution in [3.8, 4) is 6.07 Å². The van der Waals surface area contributed by atoms with E-state index in [-0.39, 0.29) is 5.41 Å². The van der Waals surface area contributed by atoms with Crippen molar-refractivity contribution in [2.45, 2.75) is 19.9 Å². The van der Waals surface area contributed by atoms with Crippen molar-refractivity contribution >= 4 is 0 Å². The van der Waals surface area contributed by atoms with E-state index in [1.54, 1.807) is 0 Å². The lowest BCUT2D eigenvalue weighted by Crippen LogP contribution is -2.23. The maximum Gasteiger partial charge on any atom is 0.0700 e. The van der Waals surface area contributed by atoms with Gasteiger partial charge in [-0.3, -0.25) is 4.90 Å². The summed E-state index contributed by atoms with van der Waals surface area (Å²) in [7, 11) is 0. The molecule has 2 heteroatoms. The smallest absolute Gasteiger partial charge is 0.0700 e. The summed E-state index contributed by atoms with van der Waals surface area (Å²) in [4.78, 5) is 2.36. The van der Waals surface area contributed by atoms with Crippen LogP contribution in [-0.2, 0) is 6.54 Å². The lowest BCUT2D eigenvalue weighted by atomic mass is 9.92. The van der Waals surface area contributed by atoms with Crippen LogP contribution in [0.15, 0.2) is 30.3 Å². The summed E-state index contributed by atoms with van der Waals surface area (Å²) in [5, 5.41) is 9.03. The summed E-state index contributed by atoms with van der Waals surface area (Å²) in [6.07, 6.45) is 0.996. The minimum absolute atomic E-state index is 0.130. The van der Waals surface area contributed by atoms with Crippen LogP contribution in [0, 0.1) is 16.7 Å². The number of nitrogens with zero attached hydrogens (tertiary/aromatic N) is 2. The number of hydrogen-bond donors (Lipinski definition) is 0. The lowest BCUT2D eigenvalue weighted by molar-refractivity contribution is 0.303. The normalized spacial score (nSPS) is 26.4. The summed E-state index contributed by atoms with van der Waals surface area (Å²) in [6.45, 7) is 4.97. The number of nitriles is 1. The van der Waals surface area contributed by atoms with Gasteiger partial charge in [0.2, 0.25) is 0 Å². The van der Waals surface area contributed by atoms with Crippen molar-refractivity contribution in [3.63, 3.8) is 0 Å². The van der Waals surface area contributed by atoms with Crippen LogP contribution in [0.5, 0.6) is 0 Å². The van der Waals surface area contributed by atoms with Gasteiger partial charge in [0.25, 0.3) is 0 Å². The van der Waals surface area contributed by atoms with Crippen molar-refractivity contribution in [1.29, 1.82) is 5.26 Å². The second-order valence-electron chi connectivity index (χ2n) is 4.62.